The van der Waals surface area contributed by atoms with E-state index in [2.05, 4.69) is 11.6 Å². The normalized spacial score (nSPS) is 24.5. The Morgan fingerprint density at radius 2 is 2.31 bits per heavy atom. The molecule has 86 valence electrons. The lowest BCUT2D eigenvalue weighted by Crippen LogP contribution is -2.33. The Morgan fingerprint density at radius 1 is 1.62 bits per heavy atom. The van der Waals surface area contributed by atoms with E-state index >= 15 is 0 Å². The zero-order valence-electron chi connectivity index (χ0n) is 8.14. The predicted molar refractivity (Wildman–Crippen MR) is 63.9 cm³/mol. The first-order valence-corrected chi connectivity index (χ1v) is 5.61. The summed E-state index contributed by atoms with van der Waals surface area (Å²) in [5, 5.41) is 9.43. The van der Waals surface area contributed by atoms with Gasteiger partial charge >= 0.3 is 5.69 Å². The molecule has 2 rings (SSSR count). The van der Waals surface area contributed by atoms with E-state index < -0.39 is 23.6 Å². The van der Waals surface area contributed by atoms with Crippen LogP contribution in [0, 0.1) is 3.57 Å². The van der Waals surface area contributed by atoms with Crippen LogP contribution in [-0.2, 0) is 4.74 Å². The molecule has 7 heteroatoms. The molecule has 0 spiro atoms. The van der Waals surface area contributed by atoms with Gasteiger partial charge in [0, 0.05) is 12.6 Å². The quantitative estimate of drug-likeness (QED) is 0.704. The van der Waals surface area contributed by atoms with Crippen molar-refractivity contribution in [1.29, 1.82) is 0 Å². The molecular formula is C9H9IN2O4. The fraction of sp³-hybridized carbons (Fsp3) is 0.333. The lowest BCUT2D eigenvalue weighted by atomic mass is 10.2. The van der Waals surface area contributed by atoms with Gasteiger partial charge in [0.05, 0.1) is 3.57 Å². The van der Waals surface area contributed by atoms with E-state index in [-0.39, 0.29) is 12.2 Å². The van der Waals surface area contributed by atoms with Crippen molar-refractivity contribution in [3.05, 3.63) is 42.9 Å². The van der Waals surface area contributed by atoms with Crippen LogP contribution < -0.4 is 11.2 Å². The van der Waals surface area contributed by atoms with Gasteiger partial charge in [-0.25, -0.2) is 4.79 Å². The standard InChI is InChI=1S/C9H9IN2O4/c1-4-6(13)2-7(16-4)12-3-5(10)8(14)11-9(12)15/h3,6-7,13H,1-2H2,(H,11,14,15)/t6-,7+/m0/s1. The lowest BCUT2D eigenvalue weighted by Gasteiger charge is -2.12. The molecular weight excluding hydrogens is 327 g/mol. The third-order valence-electron chi connectivity index (χ3n) is 2.32. The molecule has 2 heterocycles. The van der Waals surface area contributed by atoms with Crippen molar-refractivity contribution in [2.75, 3.05) is 0 Å². The van der Waals surface area contributed by atoms with E-state index in [9.17, 15) is 14.7 Å². The number of ether oxygens (including phenoxy) is 1. The molecule has 6 nitrogen and oxygen atoms in total. The number of nitrogens with one attached hydrogen (secondary N) is 1. The third kappa shape index (κ3) is 1.92. The van der Waals surface area contributed by atoms with Crippen molar-refractivity contribution in [2.45, 2.75) is 18.8 Å². The number of aliphatic hydroxyl groups excluding tert-OH is 1. The monoisotopic (exact) mass is 336 g/mol. The Morgan fingerprint density at radius 3 is 2.88 bits per heavy atom. The van der Waals surface area contributed by atoms with Gasteiger partial charge in [0.2, 0.25) is 0 Å². The molecule has 0 aliphatic carbocycles. The summed E-state index contributed by atoms with van der Waals surface area (Å²) < 4.78 is 6.85. The average molecular weight is 336 g/mol. The average Bonchev–Trinajstić information content (AvgIpc) is 2.53. The third-order valence-corrected chi connectivity index (χ3v) is 3.09. The van der Waals surface area contributed by atoms with E-state index in [1.165, 1.54) is 10.8 Å². The fourth-order valence-electron chi connectivity index (χ4n) is 1.47. The number of nitrogens with zero attached hydrogens (tertiary/aromatic N) is 1. The molecule has 1 aliphatic rings. The number of aromatic nitrogens is 2. The molecule has 16 heavy (non-hydrogen) atoms. The topological polar surface area (TPSA) is 84.3 Å². The highest BCUT2D eigenvalue weighted by Crippen LogP contribution is 2.28. The molecule has 1 saturated heterocycles. The highest BCUT2D eigenvalue weighted by molar-refractivity contribution is 14.1. The summed E-state index contributed by atoms with van der Waals surface area (Å²) in [5.74, 6) is 0.234. The van der Waals surface area contributed by atoms with Crippen LogP contribution in [0.2, 0.25) is 0 Å². The first-order valence-electron chi connectivity index (χ1n) is 4.53. The van der Waals surface area contributed by atoms with Gasteiger partial charge in [-0.3, -0.25) is 14.3 Å². The van der Waals surface area contributed by atoms with E-state index in [1.54, 1.807) is 0 Å². The molecule has 0 amide bonds. The number of H-pyrrole nitrogens is 1. The Balaban J connectivity index is 2.43. The van der Waals surface area contributed by atoms with Crippen molar-refractivity contribution in [2.24, 2.45) is 0 Å². The van der Waals surface area contributed by atoms with Crippen LogP contribution >= 0.6 is 22.6 Å². The zero-order valence-corrected chi connectivity index (χ0v) is 10.3. The van der Waals surface area contributed by atoms with Crippen molar-refractivity contribution in [3.8, 4) is 0 Å². The second kappa shape index (κ2) is 4.06. The second-order valence-electron chi connectivity index (χ2n) is 3.43. The molecule has 0 unspecified atom stereocenters. The maximum Gasteiger partial charge on any atom is 0.331 e. The zero-order chi connectivity index (χ0) is 11.9. The molecule has 0 aromatic carbocycles. The van der Waals surface area contributed by atoms with E-state index in [0.29, 0.717) is 3.57 Å². The first kappa shape index (κ1) is 11.4. The predicted octanol–water partition coefficient (Wildman–Crippen LogP) is -0.0653. The lowest BCUT2D eigenvalue weighted by molar-refractivity contribution is 0.0932. The summed E-state index contributed by atoms with van der Waals surface area (Å²) in [6.07, 6.45) is 0.264. The van der Waals surface area contributed by atoms with Gasteiger partial charge in [0.1, 0.15) is 11.9 Å². The van der Waals surface area contributed by atoms with Gasteiger partial charge in [-0.2, -0.15) is 0 Å². The number of halogens is 1. The largest absolute Gasteiger partial charge is 0.472 e. The molecule has 0 bridgehead atoms. The highest BCUT2D eigenvalue weighted by Gasteiger charge is 2.30. The van der Waals surface area contributed by atoms with Gasteiger partial charge in [-0.1, -0.05) is 6.58 Å². The van der Waals surface area contributed by atoms with Crippen LogP contribution in [-0.4, -0.2) is 20.8 Å². The van der Waals surface area contributed by atoms with Gasteiger partial charge in [0.25, 0.3) is 5.56 Å². The molecule has 0 radical (unpaired) electrons. The van der Waals surface area contributed by atoms with Gasteiger partial charge < -0.3 is 9.84 Å². The fourth-order valence-corrected chi connectivity index (χ4v) is 1.90. The highest BCUT2D eigenvalue weighted by atomic mass is 127. The van der Waals surface area contributed by atoms with Crippen LogP contribution in [0.4, 0.5) is 0 Å². The van der Waals surface area contributed by atoms with Crippen molar-refractivity contribution >= 4 is 22.6 Å². The van der Waals surface area contributed by atoms with Crippen LogP contribution in [0.3, 0.4) is 0 Å². The number of hydrogen-bond acceptors (Lipinski definition) is 4. The molecule has 1 fully saturated rings. The Hall–Kier alpha value is -1.09. The number of hydrogen-bond donors (Lipinski definition) is 2. The summed E-state index contributed by atoms with van der Waals surface area (Å²) in [6.45, 7) is 3.52. The smallest absolute Gasteiger partial charge is 0.331 e. The van der Waals surface area contributed by atoms with Crippen LogP contribution in [0.5, 0.6) is 0 Å². The molecule has 1 aromatic rings. The Labute approximate surface area is 104 Å². The van der Waals surface area contributed by atoms with Gasteiger partial charge in [0.15, 0.2) is 6.23 Å². The summed E-state index contributed by atoms with van der Waals surface area (Å²) in [5.41, 5.74) is -0.989. The van der Waals surface area contributed by atoms with E-state index in [1.807, 2.05) is 22.6 Å². The molecule has 2 N–H and O–H groups in total. The Bertz CT molecular complexity index is 547. The Kier molecular flexibility index (Phi) is 2.89. The summed E-state index contributed by atoms with van der Waals surface area (Å²) >= 11 is 1.82. The van der Waals surface area contributed by atoms with Crippen molar-refractivity contribution < 1.29 is 9.84 Å². The second-order valence-corrected chi connectivity index (χ2v) is 4.60. The molecule has 1 aliphatic heterocycles. The molecule has 2 atom stereocenters. The van der Waals surface area contributed by atoms with Gasteiger partial charge in [-0.15, -0.1) is 0 Å². The number of aliphatic hydroxyl groups is 1. The van der Waals surface area contributed by atoms with Crippen molar-refractivity contribution in [3.63, 3.8) is 0 Å². The van der Waals surface area contributed by atoms with E-state index in [0.717, 1.165) is 0 Å². The van der Waals surface area contributed by atoms with Crippen LogP contribution in [0.15, 0.2) is 28.1 Å². The SMILES string of the molecule is C=C1O[C@@H](n2cc(I)c(=O)[nH]c2=O)C[C@@H]1O. The maximum atomic E-state index is 11.5. The number of rotatable bonds is 1. The molecule has 1 aromatic heterocycles. The maximum absolute atomic E-state index is 11.5. The minimum Gasteiger partial charge on any atom is -0.472 e. The number of aromatic amines is 1. The van der Waals surface area contributed by atoms with E-state index in [4.69, 9.17) is 4.74 Å². The van der Waals surface area contributed by atoms with Crippen LogP contribution in [0.1, 0.15) is 12.6 Å². The van der Waals surface area contributed by atoms with Gasteiger partial charge in [-0.05, 0) is 22.6 Å². The first-order chi connectivity index (χ1) is 7.49. The summed E-state index contributed by atoms with van der Waals surface area (Å²) in [4.78, 5) is 24.8. The minimum absolute atomic E-state index is 0.234. The minimum atomic E-state index is -0.776. The summed E-state index contributed by atoms with van der Waals surface area (Å²) in [7, 11) is 0. The molecule has 0 saturated carbocycles. The van der Waals surface area contributed by atoms with Crippen molar-refractivity contribution in [1.82, 2.24) is 9.55 Å². The summed E-state index contributed by atoms with van der Waals surface area (Å²) in [6, 6.07) is 0. The van der Waals surface area contributed by atoms with Crippen LogP contribution in [0.25, 0.3) is 0 Å².